The van der Waals surface area contributed by atoms with Crippen LogP contribution in [0.4, 0.5) is 21.9 Å². The molecule has 1 amide bonds. The van der Waals surface area contributed by atoms with Crippen LogP contribution in [0, 0.1) is 0 Å². The average Bonchev–Trinajstić information content (AvgIpc) is 2.57. The van der Waals surface area contributed by atoms with Gasteiger partial charge in [-0.15, -0.1) is 0 Å². The maximum Gasteiger partial charge on any atom is 0.409 e. The number of carbonyl (C=O) groups excluding carboxylic acids is 1. The SMILES string of the molecule is O=C(O)Nc1ccc2c(c1)NC1=C(CN2)C(=O)CC=C1. The van der Waals surface area contributed by atoms with Gasteiger partial charge in [-0.3, -0.25) is 10.1 Å². The van der Waals surface area contributed by atoms with Gasteiger partial charge < -0.3 is 15.7 Å². The number of carboxylic acid groups (broad SMARTS) is 1. The fraction of sp³-hybridized carbons (Fsp3) is 0.143. The highest BCUT2D eigenvalue weighted by atomic mass is 16.4. The smallest absolute Gasteiger partial charge is 0.409 e. The number of ketones is 1. The van der Waals surface area contributed by atoms with Gasteiger partial charge in [0.1, 0.15) is 0 Å². The average molecular weight is 271 g/mol. The summed E-state index contributed by atoms with van der Waals surface area (Å²) in [4.78, 5) is 22.5. The van der Waals surface area contributed by atoms with Crippen molar-refractivity contribution in [3.8, 4) is 0 Å². The molecule has 0 atom stereocenters. The Bertz CT molecular complexity index is 662. The summed E-state index contributed by atoms with van der Waals surface area (Å²) in [6.45, 7) is 0.463. The number of nitrogens with one attached hydrogen (secondary N) is 3. The second-order valence-electron chi connectivity index (χ2n) is 4.59. The van der Waals surface area contributed by atoms with Gasteiger partial charge in [0, 0.05) is 29.9 Å². The number of benzene rings is 1. The molecule has 6 heteroatoms. The molecule has 0 saturated carbocycles. The van der Waals surface area contributed by atoms with Crippen LogP contribution in [0.1, 0.15) is 6.42 Å². The predicted molar refractivity (Wildman–Crippen MR) is 76.0 cm³/mol. The molecule has 0 radical (unpaired) electrons. The quantitative estimate of drug-likeness (QED) is 0.629. The molecule has 4 N–H and O–H groups in total. The van der Waals surface area contributed by atoms with Crippen LogP contribution in [-0.2, 0) is 4.79 Å². The zero-order valence-electron chi connectivity index (χ0n) is 10.6. The molecular weight excluding hydrogens is 258 g/mol. The van der Waals surface area contributed by atoms with E-state index in [4.69, 9.17) is 5.11 Å². The molecule has 0 unspecified atom stereocenters. The second kappa shape index (κ2) is 4.73. The van der Waals surface area contributed by atoms with Crippen LogP contribution in [0.3, 0.4) is 0 Å². The maximum absolute atomic E-state index is 11.9. The first-order chi connectivity index (χ1) is 9.63. The molecule has 1 aromatic carbocycles. The Morgan fingerprint density at radius 1 is 1.30 bits per heavy atom. The molecule has 0 fully saturated rings. The van der Waals surface area contributed by atoms with Crippen molar-refractivity contribution in [3.05, 3.63) is 41.6 Å². The summed E-state index contributed by atoms with van der Waals surface area (Å²) in [6, 6.07) is 5.14. The summed E-state index contributed by atoms with van der Waals surface area (Å²) in [6.07, 6.45) is 3.01. The molecule has 3 rings (SSSR count). The summed E-state index contributed by atoms with van der Waals surface area (Å²) >= 11 is 0. The minimum atomic E-state index is -1.11. The van der Waals surface area contributed by atoms with Gasteiger partial charge in [-0.2, -0.15) is 0 Å². The van der Waals surface area contributed by atoms with Crippen LogP contribution in [0.15, 0.2) is 41.6 Å². The third-order valence-corrected chi connectivity index (χ3v) is 3.25. The summed E-state index contributed by atoms with van der Waals surface area (Å²) in [7, 11) is 0. The maximum atomic E-state index is 11.9. The van der Waals surface area contributed by atoms with Crippen molar-refractivity contribution in [1.82, 2.24) is 0 Å². The van der Waals surface area contributed by atoms with Crippen molar-refractivity contribution in [2.75, 3.05) is 22.5 Å². The third kappa shape index (κ3) is 2.23. The summed E-state index contributed by atoms with van der Waals surface area (Å²) < 4.78 is 0. The number of anilines is 3. The first-order valence-electron chi connectivity index (χ1n) is 6.21. The van der Waals surface area contributed by atoms with Crippen molar-refractivity contribution < 1.29 is 14.7 Å². The number of hydrogen-bond donors (Lipinski definition) is 4. The van der Waals surface area contributed by atoms with Crippen molar-refractivity contribution in [2.45, 2.75) is 6.42 Å². The van der Waals surface area contributed by atoms with E-state index in [0.29, 0.717) is 18.7 Å². The first-order valence-corrected chi connectivity index (χ1v) is 6.21. The topological polar surface area (TPSA) is 90.5 Å². The van der Waals surface area contributed by atoms with Crippen LogP contribution in [0.25, 0.3) is 0 Å². The molecule has 20 heavy (non-hydrogen) atoms. The molecule has 1 heterocycles. The summed E-state index contributed by atoms with van der Waals surface area (Å²) in [5.74, 6) is 0.0965. The minimum absolute atomic E-state index is 0.0965. The Hall–Kier alpha value is -2.76. The van der Waals surface area contributed by atoms with Crippen LogP contribution in [-0.4, -0.2) is 23.5 Å². The first kappa shape index (κ1) is 12.3. The van der Waals surface area contributed by atoms with E-state index in [1.807, 2.05) is 12.2 Å². The van der Waals surface area contributed by atoms with Crippen molar-refractivity contribution >= 4 is 28.9 Å². The number of hydrogen-bond acceptors (Lipinski definition) is 4. The van der Waals surface area contributed by atoms with Crippen molar-refractivity contribution in [2.24, 2.45) is 0 Å². The fourth-order valence-electron chi connectivity index (χ4n) is 2.30. The lowest BCUT2D eigenvalue weighted by Gasteiger charge is -2.13. The van der Waals surface area contributed by atoms with E-state index in [1.54, 1.807) is 18.2 Å². The molecule has 0 bridgehead atoms. The number of amides is 1. The minimum Gasteiger partial charge on any atom is -0.465 e. The molecule has 1 aliphatic carbocycles. The molecule has 0 spiro atoms. The van der Waals surface area contributed by atoms with Crippen LogP contribution in [0.2, 0.25) is 0 Å². The van der Waals surface area contributed by atoms with Crippen molar-refractivity contribution in [1.29, 1.82) is 0 Å². The van der Waals surface area contributed by atoms with Crippen LogP contribution in [0.5, 0.6) is 0 Å². The molecular formula is C14H13N3O3. The lowest BCUT2D eigenvalue weighted by atomic mass is 10.0. The molecule has 102 valence electrons. The monoisotopic (exact) mass is 271 g/mol. The standard InChI is InChI=1S/C14H13N3O3/c18-13-3-1-2-10-9(13)7-15-11-5-4-8(16-14(19)20)6-12(11)17-10/h1-2,4-6,15-17H,3,7H2,(H,19,20). The zero-order valence-corrected chi connectivity index (χ0v) is 10.6. The number of fused-ring (bicyclic) bond motifs is 1. The number of carbonyl (C=O) groups is 2. The van der Waals surface area contributed by atoms with E-state index in [1.165, 1.54) is 0 Å². The fourth-order valence-corrected chi connectivity index (χ4v) is 2.30. The van der Waals surface area contributed by atoms with E-state index >= 15 is 0 Å². The molecule has 1 aliphatic heterocycles. The molecule has 0 aromatic heterocycles. The summed E-state index contributed by atoms with van der Waals surface area (Å²) in [5.41, 5.74) is 3.52. The van der Waals surface area contributed by atoms with E-state index < -0.39 is 6.09 Å². The van der Waals surface area contributed by atoms with Gasteiger partial charge in [0.25, 0.3) is 0 Å². The Balaban J connectivity index is 1.95. The predicted octanol–water partition coefficient (Wildman–Crippen LogP) is 2.40. The largest absolute Gasteiger partial charge is 0.465 e. The van der Waals surface area contributed by atoms with Crippen molar-refractivity contribution in [3.63, 3.8) is 0 Å². The molecule has 0 saturated heterocycles. The Labute approximate surface area is 115 Å². The molecule has 2 aliphatic rings. The highest BCUT2D eigenvalue weighted by molar-refractivity contribution is 6.01. The van der Waals surface area contributed by atoms with Gasteiger partial charge >= 0.3 is 6.09 Å². The zero-order chi connectivity index (χ0) is 14.1. The third-order valence-electron chi connectivity index (χ3n) is 3.25. The molecule has 1 aromatic rings. The lowest BCUT2D eigenvalue weighted by Crippen LogP contribution is -2.16. The van der Waals surface area contributed by atoms with Gasteiger partial charge in [-0.25, -0.2) is 4.79 Å². The Morgan fingerprint density at radius 2 is 2.15 bits per heavy atom. The highest BCUT2D eigenvalue weighted by Gasteiger charge is 2.21. The second-order valence-corrected chi connectivity index (χ2v) is 4.59. The molecule has 6 nitrogen and oxygen atoms in total. The Kier molecular flexibility index (Phi) is 2.90. The van der Waals surface area contributed by atoms with E-state index in [-0.39, 0.29) is 5.78 Å². The van der Waals surface area contributed by atoms with Gasteiger partial charge in [0.15, 0.2) is 5.78 Å². The highest BCUT2D eigenvalue weighted by Crippen LogP contribution is 2.31. The van der Waals surface area contributed by atoms with Crippen LogP contribution < -0.4 is 16.0 Å². The van der Waals surface area contributed by atoms with E-state index in [2.05, 4.69) is 16.0 Å². The number of rotatable bonds is 1. The van der Waals surface area contributed by atoms with Gasteiger partial charge in [0.2, 0.25) is 0 Å². The van der Waals surface area contributed by atoms with Gasteiger partial charge in [-0.1, -0.05) is 6.08 Å². The van der Waals surface area contributed by atoms with E-state index in [0.717, 1.165) is 22.6 Å². The summed E-state index contributed by atoms with van der Waals surface area (Å²) in [5, 5.41) is 17.4. The normalized spacial score (nSPS) is 16.5. The van der Waals surface area contributed by atoms with E-state index in [9.17, 15) is 9.59 Å². The van der Waals surface area contributed by atoms with Gasteiger partial charge in [0.05, 0.1) is 11.4 Å². The number of allylic oxidation sites excluding steroid dienone is 2. The number of Topliss-reactive ketones (excluding diaryl/α,β-unsaturated/α-hetero) is 1. The van der Waals surface area contributed by atoms with Crippen LogP contribution >= 0.6 is 0 Å². The Morgan fingerprint density at radius 3 is 2.95 bits per heavy atom. The van der Waals surface area contributed by atoms with Gasteiger partial charge in [-0.05, 0) is 24.3 Å². The lowest BCUT2D eigenvalue weighted by molar-refractivity contribution is -0.114.